The molecule has 7 nitrogen and oxygen atoms in total. The van der Waals surface area contributed by atoms with Gasteiger partial charge in [-0.1, -0.05) is 38.1 Å². The van der Waals surface area contributed by atoms with E-state index in [1.807, 2.05) is 20.8 Å². The van der Waals surface area contributed by atoms with Crippen LogP contribution in [0.15, 0.2) is 54.6 Å². The highest BCUT2D eigenvalue weighted by atomic mass is 19.1. The summed E-state index contributed by atoms with van der Waals surface area (Å²) in [7, 11) is 0. The lowest BCUT2D eigenvalue weighted by atomic mass is 10.2. The summed E-state index contributed by atoms with van der Waals surface area (Å²) in [5, 5.41) is 5.19. The number of carbonyl (C=O) groups excluding carboxylic acids is 2. The lowest BCUT2D eigenvalue weighted by Crippen LogP contribution is -2.22. The van der Waals surface area contributed by atoms with Gasteiger partial charge in [0, 0.05) is 17.7 Å². The van der Waals surface area contributed by atoms with Crippen molar-refractivity contribution in [3.05, 3.63) is 77.5 Å². The molecule has 0 aliphatic carbocycles. The number of amides is 2. The van der Waals surface area contributed by atoms with Crippen LogP contribution < -0.4 is 15.4 Å². The normalized spacial score (nSPS) is 10.6. The van der Waals surface area contributed by atoms with Crippen LogP contribution >= 0.6 is 0 Å². The fourth-order valence-electron chi connectivity index (χ4n) is 2.77. The molecular formula is C23H23FN4O3. The summed E-state index contributed by atoms with van der Waals surface area (Å²) >= 11 is 0. The maximum Gasteiger partial charge on any atom is 0.262 e. The Morgan fingerprint density at radius 1 is 1.03 bits per heavy atom. The van der Waals surface area contributed by atoms with Crippen molar-refractivity contribution in [2.75, 3.05) is 17.2 Å². The van der Waals surface area contributed by atoms with Gasteiger partial charge in [0.2, 0.25) is 0 Å². The maximum absolute atomic E-state index is 13.7. The minimum absolute atomic E-state index is 0.0576. The Bertz CT molecular complexity index is 1100. The van der Waals surface area contributed by atoms with E-state index in [2.05, 4.69) is 20.6 Å². The summed E-state index contributed by atoms with van der Waals surface area (Å²) in [6.45, 7) is 5.38. The second-order valence-electron chi connectivity index (χ2n) is 7.17. The number of hydrogen-bond acceptors (Lipinski definition) is 5. The van der Waals surface area contributed by atoms with Gasteiger partial charge in [0.1, 0.15) is 23.2 Å². The maximum atomic E-state index is 13.7. The number of nitrogens with one attached hydrogen (secondary N) is 2. The smallest absolute Gasteiger partial charge is 0.262 e. The fourth-order valence-corrected chi connectivity index (χ4v) is 2.77. The number of aromatic nitrogens is 2. The molecule has 0 saturated carbocycles. The standard InChI is InChI=1S/C23H23FN4O3/c1-14(2)22-25-15(3)12-20(27-22)28-23(30)16-8-4-7-11-19(16)31-13-21(29)26-18-10-6-5-9-17(18)24/h4-12,14H,13H2,1-3H3,(H,26,29)(H,25,27,28,30). The molecule has 0 aliphatic heterocycles. The molecule has 2 N–H and O–H groups in total. The van der Waals surface area contributed by atoms with E-state index in [1.54, 1.807) is 36.4 Å². The number of benzene rings is 2. The van der Waals surface area contributed by atoms with E-state index in [9.17, 15) is 14.0 Å². The third kappa shape index (κ3) is 5.85. The Labute approximate surface area is 179 Å². The van der Waals surface area contributed by atoms with Crippen molar-refractivity contribution in [1.82, 2.24) is 9.97 Å². The first-order chi connectivity index (χ1) is 14.8. The van der Waals surface area contributed by atoms with E-state index >= 15 is 0 Å². The zero-order valence-electron chi connectivity index (χ0n) is 17.5. The largest absolute Gasteiger partial charge is 0.483 e. The number of halogens is 1. The molecule has 8 heteroatoms. The van der Waals surface area contributed by atoms with Gasteiger partial charge in [-0.15, -0.1) is 0 Å². The molecule has 1 heterocycles. The van der Waals surface area contributed by atoms with Gasteiger partial charge < -0.3 is 15.4 Å². The SMILES string of the molecule is Cc1cc(NC(=O)c2ccccc2OCC(=O)Nc2ccccc2F)nc(C(C)C)n1. The van der Waals surface area contributed by atoms with E-state index in [0.717, 1.165) is 5.69 Å². The molecule has 0 bridgehead atoms. The molecule has 3 rings (SSSR count). The van der Waals surface area contributed by atoms with Crippen molar-refractivity contribution in [3.63, 3.8) is 0 Å². The van der Waals surface area contributed by atoms with Crippen molar-refractivity contribution < 1.29 is 18.7 Å². The van der Waals surface area contributed by atoms with Crippen molar-refractivity contribution in [3.8, 4) is 5.75 Å². The van der Waals surface area contributed by atoms with Gasteiger partial charge in [0.05, 0.1) is 11.3 Å². The van der Waals surface area contributed by atoms with Gasteiger partial charge in [0.15, 0.2) is 6.61 Å². The molecule has 0 saturated heterocycles. The van der Waals surface area contributed by atoms with Gasteiger partial charge in [0.25, 0.3) is 11.8 Å². The van der Waals surface area contributed by atoms with Gasteiger partial charge >= 0.3 is 0 Å². The van der Waals surface area contributed by atoms with Crippen LogP contribution in [0.2, 0.25) is 0 Å². The number of nitrogens with zero attached hydrogens (tertiary/aromatic N) is 2. The number of hydrogen-bond donors (Lipinski definition) is 2. The third-order valence-electron chi connectivity index (χ3n) is 4.27. The number of rotatable bonds is 7. The topological polar surface area (TPSA) is 93.2 Å². The third-order valence-corrected chi connectivity index (χ3v) is 4.27. The number of para-hydroxylation sites is 2. The summed E-state index contributed by atoms with van der Waals surface area (Å²) in [4.78, 5) is 33.7. The van der Waals surface area contributed by atoms with E-state index in [1.165, 1.54) is 18.2 Å². The van der Waals surface area contributed by atoms with Crippen molar-refractivity contribution in [2.24, 2.45) is 0 Å². The molecular weight excluding hydrogens is 399 g/mol. The molecule has 0 aliphatic rings. The minimum Gasteiger partial charge on any atom is -0.483 e. The highest BCUT2D eigenvalue weighted by molar-refractivity contribution is 6.05. The van der Waals surface area contributed by atoms with E-state index < -0.39 is 17.6 Å². The minimum atomic E-state index is -0.548. The monoisotopic (exact) mass is 422 g/mol. The number of aryl methyl sites for hydroxylation is 1. The molecule has 0 fully saturated rings. The molecule has 160 valence electrons. The molecule has 0 atom stereocenters. The summed E-state index contributed by atoms with van der Waals surface area (Å²) in [5.41, 5.74) is 1.04. The molecule has 0 radical (unpaired) electrons. The van der Waals surface area contributed by atoms with E-state index in [4.69, 9.17) is 4.74 Å². The average molecular weight is 422 g/mol. The highest BCUT2D eigenvalue weighted by Crippen LogP contribution is 2.21. The highest BCUT2D eigenvalue weighted by Gasteiger charge is 2.16. The van der Waals surface area contributed by atoms with Crippen molar-refractivity contribution >= 4 is 23.3 Å². The van der Waals surface area contributed by atoms with Crippen LogP contribution in [0, 0.1) is 12.7 Å². The molecule has 0 unspecified atom stereocenters. The molecule has 1 aromatic heterocycles. The molecule has 2 amide bonds. The first kappa shape index (κ1) is 21.9. The Kier molecular flexibility index (Phi) is 6.92. The molecule has 0 spiro atoms. The molecule has 31 heavy (non-hydrogen) atoms. The first-order valence-electron chi connectivity index (χ1n) is 9.76. The Morgan fingerprint density at radius 3 is 2.48 bits per heavy atom. The van der Waals surface area contributed by atoms with Crippen LogP contribution in [0.5, 0.6) is 5.75 Å². The summed E-state index contributed by atoms with van der Waals surface area (Å²) in [5.74, 6) is -0.182. The zero-order valence-corrected chi connectivity index (χ0v) is 17.5. The van der Waals surface area contributed by atoms with Crippen molar-refractivity contribution in [2.45, 2.75) is 26.7 Å². The Balaban J connectivity index is 1.69. The lowest BCUT2D eigenvalue weighted by molar-refractivity contribution is -0.118. The van der Waals surface area contributed by atoms with E-state index in [-0.39, 0.29) is 29.5 Å². The van der Waals surface area contributed by atoms with Crippen molar-refractivity contribution in [1.29, 1.82) is 0 Å². The van der Waals surface area contributed by atoms with E-state index in [0.29, 0.717) is 11.6 Å². The summed E-state index contributed by atoms with van der Waals surface area (Å²) in [6.07, 6.45) is 0. The van der Waals surface area contributed by atoms with Crippen LogP contribution in [0.4, 0.5) is 15.9 Å². The second kappa shape index (κ2) is 9.80. The quantitative estimate of drug-likeness (QED) is 0.592. The predicted molar refractivity (Wildman–Crippen MR) is 116 cm³/mol. The van der Waals surface area contributed by atoms with Gasteiger partial charge in [-0.2, -0.15) is 0 Å². The van der Waals surface area contributed by atoms with Crippen LogP contribution in [0.1, 0.15) is 41.6 Å². The van der Waals surface area contributed by atoms with Crippen LogP contribution in [0.3, 0.4) is 0 Å². The van der Waals surface area contributed by atoms with Crippen LogP contribution in [0.25, 0.3) is 0 Å². The summed E-state index contributed by atoms with van der Waals surface area (Å²) < 4.78 is 19.2. The summed E-state index contributed by atoms with van der Waals surface area (Å²) in [6, 6.07) is 14.0. The number of ether oxygens (including phenoxy) is 1. The van der Waals surface area contributed by atoms with Crippen LogP contribution in [-0.4, -0.2) is 28.4 Å². The number of carbonyl (C=O) groups is 2. The van der Waals surface area contributed by atoms with Gasteiger partial charge in [-0.05, 0) is 31.2 Å². The fraction of sp³-hybridized carbons (Fsp3) is 0.217. The average Bonchev–Trinajstić information content (AvgIpc) is 2.73. The Morgan fingerprint density at radius 2 is 1.74 bits per heavy atom. The molecule has 2 aromatic carbocycles. The van der Waals surface area contributed by atoms with Crippen LogP contribution in [-0.2, 0) is 4.79 Å². The Hall–Kier alpha value is -3.81. The first-order valence-corrected chi connectivity index (χ1v) is 9.76. The zero-order chi connectivity index (χ0) is 22.4. The van der Waals surface area contributed by atoms with Gasteiger partial charge in [-0.25, -0.2) is 14.4 Å². The number of anilines is 2. The second-order valence-corrected chi connectivity index (χ2v) is 7.17. The lowest BCUT2D eigenvalue weighted by Gasteiger charge is -2.13. The molecule has 3 aromatic rings. The van der Waals surface area contributed by atoms with Gasteiger partial charge in [-0.3, -0.25) is 9.59 Å². The predicted octanol–water partition coefficient (Wildman–Crippen LogP) is 4.32.